The highest BCUT2D eigenvalue weighted by molar-refractivity contribution is 14.1. The van der Waals surface area contributed by atoms with Crippen molar-refractivity contribution in [3.8, 4) is 40.9 Å². The van der Waals surface area contributed by atoms with Crippen molar-refractivity contribution in [3.63, 3.8) is 0 Å². The van der Waals surface area contributed by atoms with E-state index in [4.69, 9.17) is 61.7 Å². The lowest BCUT2D eigenvalue weighted by atomic mass is 9.71. The number of esters is 1. The summed E-state index contributed by atoms with van der Waals surface area (Å²) >= 11 is 2.81. The Labute approximate surface area is 524 Å². The van der Waals surface area contributed by atoms with E-state index in [1.165, 1.54) is 64.9 Å². The van der Waals surface area contributed by atoms with Crippen molar-refractivity contribution >= 4 is 82.6 Å². The van der Waals surface area contributed by atoms with Crippen molar-refractivity contribution in [2.24, 2.45) is 5.92 Å². The standard InChI is InChI=1S/C57H76INO22S4/c1-12-17-31-26-74-38(24-36(31)69-6)78-50-45(64)43(28(3)76-55(50)80-57(68)20-16-14-13-15-19-56(67)25-35(61)32(22-37(62)70-7)41(57)33(56)18-21-83-85-82-11)59-81-39-23-34(60)52(30(5)75-39)84-53(66)40-27(2)42(58)48(51(73-10)47(40)71-8)79-54-46(65)49(72-9)44(63)29(4)77-54/h13-14,18,28-31,34,36,38-39,43-46,49-50,52,54-55,59-60,63-65,67-68H,12,17,21-26H2,1-11H3/b14-13-,33-18+/t28?,29?,30?,31?,34?,36?,38?,39?,43?,44?,45?,46?,49?,50?,52?,54?,55?,56-,57-/m0/s1. The molecule has 0 saturated carbocycles. The number of hydroxylamine groups is 1. The van der Waals surface area contributed by atoms with Gasteiger partial charge in [0.1, 0.15) is 30.5 Å². The number of carbonyl (C=O) groups is 3. The number of thioether (sulfide) groups is 1. The van der Waals surface area contributed by atoms with E-state index in [0.717, 1.165) is 31.7 Å². The Hall–Kier alpha value is -2.74. The first-order chi connectivity index (χ1) is 40.5. The van der Waals surface area contributed by atoms with Crippen LogP contribution >= 0.6 is 65.8 Å². The van der Waals surface area contributed by atoms with Crippen LogP contribution in [-0.4, -0.2) is 211 Å². The number of benzene rings is 1. The number of rotatable bonds is 23. The molecule has 28 heteroatoms. The highest BCUT2D eigenvalue weighted by atomic mass is 127. The zero-order valence-electron chi connectivity index (χ0n) is 48.9. The van der Waals surface area contributed by atoms with Crippen molar-refractivity contribution in [1.82, 2.24) is 5.48 Å². The highest BCUT2D eigenvalue weighted by Crippen LogP contribution is 2.50. The molecule has 0 radical (unpaired) electrons. The van der Waals surface area contributed by atoms with Crippen LogP contribution < -0.4 is 19.7 Å². The molecule has 6 aliphatic rings. The van der Waals surface area contributed by atoms with Crippen molar-refractivity contribution in [1.29, 1.82) is 0 Å². The molecule has 19 atom stereocenters. The van der Waals surface area contributed by atoms with Crippen LogP contribution in [0, 0.1) is 40.1 Å². The lowest BCUT2D eigenvalue weighted by Crippen LogP contribution is -2.65. The minimum Gasteiger partial charge on any atom is -0.492 e. The number of halogens is 1. The van der Waals surface area contributed by atoms with Crippen molar-refractivity contribution in [2.45, 2.75) is 182 Å². The Morgan fingerprint density at radius 3 is 2.22 bits per heavy atom. The van der Waals surface area contributed by atoms with E-state index in [-0.39, 0.29) is 76.8 Å². The van der Waals surface area contributed by atoms with Crippen LogP contribution in [0.2, 0.25) is 0 Å². The summed E-state index contributed by atoms with van der Waals surface area (Å²) in [5, 5.41) is 69.9. The first kappa shape index (κ1) is 69.7. The maximum absolute atomic E-state index is 14.4. The van der Waals surface area contributed by atoms with Gasteiger partial charge >= 0.3 is 5.97 Å². The predicted molar refractivity (Wildman–Crippen MR) is 323 cm³/mol. The molecule has 2 aliphatic carbocycles. The van der Waals surface area contributed by atoms with Gasteiger partial charge in [0.25, 0.3) is 5.79 Å². The number of aliphatic hydroxyl groups excluding tert-OH is 4. The number of hydrogen-bond donors (Lipinski definition) is 7. The molecule has 7 N–H and O–H groups in total. The van der Waals surface area contributed by atoms with Gasteiger partial charge in [-0.2, -0.15) is 5.48 Å². The highest BCUT2D eigenvalue weighted by Gasteiger charge is 2.55. The zero-order chi connectivity index (χ0) is 62.1. The Balaban J connectivity index is 1.13. The number of aliphatic hydroxyl groups is 6. The Kier molecular flexibility index (Phi) is 25.7. The molecule has 0 aromatic heterocycles. The number of nitrogens with one attached hydrogen (secondary N) is 1. The second kappa shape index (κ2) is 31.3. The normalized spacial score (nSPS) is 36.6. The van der Waals surface area contributed by atoms with Crippen LogP contribution in [0.4, 0.5) is 0 Å². The van der Waals surface area contributed by atoms with E-state index in [1.807, 2.05) is 28.8 Å². The first-order valence-corrected chi connectivity index (χ1v) is 33.5. The van der Waals surface area contributed by atoms with E-state index in [0.29, 0.717) is 9.13 Å². The van der Waals surface area contributed by atoms with E-state index in [9.17, 15) is 45.0 Å². The SMILES string of the molecule is CCCC1COC(OC2C(O[C@@]3(O)C#C/C=C\C#C[C@]4(O)CC(=O)C(CC(=O)OC)=C3/C4=C\CSSSC)OC(C)C(NOC3CC(O)C(SC(=O)c4c(C)c(I)c(OC5OC(C)C(O)C(OC)C5O)c(OC)c4OC)C(C)O3)C2O)CC1OC. The molecule has 4 heterocycles. The van der Waals surface area contributed by atoms with Gasteiger partial charge in [0, 0.05) is 55.5 Å². The summed E-state index contributed by atoms with van der Waals surface area (Å²) < 4.78 is 72.4. The molecule has 1 aromatic rings. The average molecular weight is 1380 g/mol. The van der Waals surface area contributed by atoms with E-state index >= 15 is 0 Å². The van der Waals surface area contributed by atoms with Crippen molar-refractivity contribution in [2.75, 3.05) is 54.2 Å². The van der Waals surface area contributed by atoms with Gasteiger partial charge in [-0.3, -0.25) is 19.2 Å². The fourth-order valence-corrected chi connectivity index (χ4v) is 15.2. The quantitative estimate of drug-likeness (QED) is 0.0154. The molecule has 4 fully saturated rings. The number of ether oxygens (including phenoxy) is 12. The summed E-state index contributed by atoms with van der Waals surface area (Å²) in [6.45, 7) is 8.84. The lowest BCUT2D eigenvalue weighted by molar-refractivity contribution is -0.361. The number of hydrogen-bond acceptors (Lipinski definition) is 27. The number of fused-ring (bicyclic) bond motifs is 2. The molecule has 85 heavy (non-hydrogen) atoms. The van der Waals surface area contributed by atoms with Crippen LogP contribution in [0.1, 0.15) is 82.1 Å². The molecule has 4 aliphatic heterocycles. The fourth-order valence-electron chi connectivity index (χ4n) is 11.0. The van der Waals surface area contributed by atoms with E-state index in [1.54, 1.807) is 40.9 Å². The van der Waals surface area contributed by atoms with Gasteiger partial charge in [-0.1, -0.05) is 70.5 Å². The van der Waals surface area contributed by atoms with Crippen LogP contribution in [0.5, 0.6) is 17.2 Å². The first-order valence-electron chi connectivity index (χ1n) is 27.5. The van der Waals surface area contributed by atoms with Gasteiger partial charge in [-0.15, -0.1) is 0 Å². The summed E-state index contributed by atoms with van der Waals surface area (Å²) in [7, 11) is 11.1. The molecule has 0 spiro atoms. The average Bonchev–Trinajstić information content (AvgIpc) is 1.61. The third kappa shape index (κ3) is 15.9. The summed E-state index contributed by atoms with van der Waals surface area (Å²) in [6, 6.07) is -1.16. The van der Waals surface area contributed by atoms with Crippen molar-refractivity contribution < 1.29 is 107 Å². The molecule has 7 rings (SSSR count). The van der Waals surface area contributed by atoms with Gasteiger partial charge in [0.15, 0.2) is 41.8 Å². The third-order valence-electron chi connectivity index (χ3n) is 15.4. The monoisotopic (exact) mass is 1380 g/mol. The molecule has 17 unspecified atom stereocenters. The molecule has 1 aromatic carbocycles. The Morgan fingerprint density at radius 2 is 1.58 bits per heavy atom. The van der Waals surface area contributed by atoms with Gasteiger partial charge in [-0.25, -0.2) is 0 Å². The molecule has 472 valence electrons. The number of ketones is 1. The number of carbonyl (C=O) groups excluding carboxylic acids is 3. The summed E-state index contributed by atoms with van der Waals surface area (Å²) in [4.78, 5) is 47.8. The molecule has 0 amide bonds. The maximum atomic E-state index is 14.4. The lowest BCUT2D eigenvalue weighted by Gasteiger charge is -2.48. The van der Waals surface area contributed by atoms with Gasteiger partial charge in [-0.05, 0) is 96.4 Å². The number of methoxy groups -OCH3 is 5. The second-order valence-corrected chi connectivity index (χ2v) is 27.5. The maximum Gasteiger partial charge on any atom is 0.310 e. The number of allylic oxidation sites excluding steroid dienone is 2. The Bertz CT molecular complexity index is 2760. The van der Waals surface area contributed by atoms with Gasteiger partial charge in [0.2, 0.25) is 17.2 Å². The molecular formula is C57H76INO22S4. The van der Waals surface area contributed by atoms with Crippen molar-refractivity contribution in [3.05, 3.63) is 49.6 Å². The second-order valence-electron chi connectivity index (χ2n) is 20.9. The van der Waals surface area contributed by atoms with Gasteiger partial charge in [0.05, 0.1) is 91.7 Å². The van der Waals surface area contributed by atoms with E-state index < -0.39 is 132 Å². The molecular weight excluding hydrogens is 1310 g/mol. The molecule has 2 bridgehead atoms. The summed E-state index contributed by atoms with van der Waals surface area (Å²) in [5.74, 6) is 6.87. The third-order valence-corrected chi connectivity index (χ3v) is 21.8. The van der Waals surface area contributed by atoms with Crippen LogP contribution in [0.15, 0.2) is 34.9 Å². The zero-order valence-corrected chi connectivity index (χ0v) is 54.4. The number of Topliss-reactive ketones (excluding diaryl/α,β-unsaturated/α-hetero) is 1. The summed E-state index contributed by atoms with van der Waals surface area (Å²) in [6.07, 6.45) is -9.49. The molecule has 23 nitrogen and oxygen atoms in total. The van der Waals surface area contributed by atoms with Crippen LogP contribution in [-0.2, 0) is 57.1 Å². The largest absolute Gasteiger partial charge is 0.492 e. The Morgan fingerprint density at radius 1 is 0.871 bits per heavy atom. The van der Waals surface area contributed by atoms with E-state index in [2.05, 4.69) is 36.1 Å². The predicted octanol–water partition coefficient (Wildman–Crippen LogP) is 4.20. The molecule has 4 saturated heterocycles. The topological polar surface area (TPSA) is 305 Å². The smallest absolute Gasteiger partial charge is 0.310 e. The summed E-state index contributed by atoms with van der Waals surface area (Å²) in [5.41, 5.74) is 0.567. The van der Waals surface area contributed by atoms with Crippen LogP contribution in [0.3, 0.4) is 0 Å². The fraction of sp³-hybridized carbons (Fsp3) is 0.667. The van der Waals surface area contributed by atoms with Gasteiger partial charge < -0.3 is 87.5 Å². The minimum atomic E-state index is -2.88. The van der Waals surface area contributed by atoms with Crippen LogP contribution in [0.25, 0.3) is 0 Å². The minimum absolute atomic E-state index is 0.0175.